The van der Waals surface area contributed by atoms with E-state index in [1.165, 1.54) is 24.4 Å². The highest BCUT2D eigenvalue weighted by Gasteiger charge is 2.23. The van der Waals surface area contributed by atoms with E-state index in [4.69, 9.17) is 34.8 Å². The maximum atomic E-state index is 13.8. The van der Waals surface area contributed by atoms with Crippen molar-refractivity contribution < 1.29 is 4.39 Å². The Hall–Kier alpha value is -3.49. The van der Waals surface area contributed by atoms with Crippen LogP contribution < -0.4 is 10.6 Å². The van der Waals surface area contributed by atoms with Crippen LogP contribution in [0.15, 0.2) is 59.5 Å². The molecule has 0 aliphatic heterocycles. The zero-order valence-corrected chi connectivity index (χ0v) is 24.8. The van der Waals surface area contributed by atoms with E-state index in [2.05, 4.69) is 52.9 Å². The molecule has 2 N–H and O–H groups in total. The molecular weight excluding hydrogens is 642 g/mol. The van der Waals surface area contributed by atoms with Crippen LogP contribution in [0.25, 0.3) is 10.9 Å². The molecule has 0 amide bonds. The Morgan fingerprint density at radius 1 is 1.02 bits per heavy atom. The summed E-state index contributed by atoms with van der Waals surface area (Å²) in [5.74, 6) is -0.553. The molecule has 0 bridgehead atoms. The second-order valence-electron chi connectivity index (χ2n) is 9.09. The van der Waals surface area contributed by atoms with Gasteiger partial charge >= 0.3 is 0 Å². The van der Waals surface area contributed by atoms with E-state index in [0.29, 0.717) is 44.2 Å². The van der Waals surface area contributed by atoms with Crippen molar-refractivity contribution in [2.75, 3.05) is 10.6 Å². The average molecular weight is 661 g/mol. The third kappa shape index (κ3) is 5.69. The highest BCUT2D eigenvalue weighted by molar-refractivity contribution is 9.10. The van der Waals surface area contributed by atoms with Gasteiger partial charge in [-0.1, -0.05) is 40.0 Å². The minimum atomic E-state index is -0.557. The summed E-state index contributed by atoms with van der Waals surface area (Å²) in [7, 11) is 0. The molecule has 1 atom stereocenters. The number of hydrogen-bond acceptors (Lipinski definition) is 7. The first-order chi connectivity index (χ1) is 19.1. The molecule has 5 rings (SSSR count). The minimum absolute atomic E-state index is 0.0564. The summed E-state index contributed by atoms with van der Waals surface area (Å²) in [5, 5.41) is 26.2. The van der Waals surface area contributed by atoms with Gasteiger partial charge in [-0.2, -0.15) is 5.26 Å². The number of fused-ring (bicyclic) bond motifs is 1. The fourth-order valence-corrected chi connectivity index (χ4v) is 5.08. The van der Waals surface area contributed by atoms with Gasteiger partial charge in [0.05, 0.1) is 33.0 Å². The summed E-state index contributed by atoms with van der Waals surface area (Å²) in [5.41, 5.74) is 3.50. The molecule has 0 saturated heterocycles. The van der Waals surface area contributed by atoms with Gasteiger partial charge in [-0.15, -0.1) is 5.10 Å². The topological polar surface area (TPSA) is 104 Å². The molecule has 40 heavy (non-hydrogen) atoms. The largest absolute Gasteiger partial charge is 0.373 e. The highest BCUT2D eigenvalue weighted by atomic mass is 79.9. The quantitative estimate of drug-likeness (QED) is 0.169. The van der Waals surface area contributed by atoms with E-state index >= 15 is 0 Å². The van der Waals surface area contributed by atoms with Crippen molar-refractivity contribution in [1.29, 1.82) is 5.26 Å². The average Bonchev–Trinajstić information content (AvgIpc) is 3.42. The monoisotopic (exact) mass is 658 g/mol. The summed E-state index contributed by atoms with van der Waals surface area (Å²) < 4.78 is 16.2. The van der Waals surface area contributed by atoms with E-state index in [1.807, 2.05) is 32.2 Å². The van der Waals surface area contributed by atoms with Crippen molar-refractivity contribution in [2.24, 2.45) is 0 Å². The van der Waals surface area contributed by atoms with Gasteiger partial charge in [-0.05, 0) is 66.2 Å². The summed E-state index contributed by atoms with van der Waals surface area (Å²) in [4.78, 5) is 8.68. The lowest BCUT2D eigenvalue weighted by molar-refractivity contribution is 0.514. The van der Waals surface area contributed by atoms with E-state index in [9.17, 15) is 9.65 Å². The number of nitriles is 1. The smallest absolute Gasteiger partial charge is 0.141 e. The van der Waals surface area contributed by atoms with Crippen molar-refractivity contribution >= 4 is 78.7 Å². The predicted octanol–water partition coefficient (Wildman–Crippen LogP) is 8.48. The Labute approximate surface area is 252 Å². The fourth-order valence-electron chi connectivity index (χ4n) is 4.07. The molecule has 202 valence electrons. The number of aromatic nitrogens is 5. The molecule has 8 nitrogen and oxygen atoms in total. The Bertz CT molecular complexity index is 1790. The highest BCUT2D eigenvalue weighted by Crippen LogP contribution is 2.38. The van der Waals surface area contributed by atoms with Crippen molar-refractivity contribution in [2.45, 2.75) is 25.9 Å². The fraction of sp³-hybridized carbons (Fsp3) is 0.148. The maximum absolute atomic E-state index is 13.8. The van der Waals surface area contributed by atoms with Gasteiger partial charge in [0.25, 0.3) is 0 Å². The lowest BCUT2D eigenvalue weighted by atomic mass is 10.0. The van der Waals surface area contributed by atoms with Crippen LogP contribution in [0.4, 0.5) is 21.5 Å². The number of pyridine rings is 2. The van der Waals surface area contributed by atoms with Crippen molar-refractivity contribution in [3.8, 4) is 6.07 Å². The second-order valence-corrected chi connectivity index (χ2v) is 11.2. The first-order valence-electron chi connectivity index (χ1n) is 11.9. The molecule has 0 saturated carbocycles. The Kier molecular flexibility index (Phi) is 8.10. The Morgan fingerprint density at radius 3 is 2.50 bits per heavy atom. The van der Waals surface area contributed by atoms with Gasteiger partial charge in [-0.25, -0.2) is 14.1 Å². The first kappa shape index (κ1) is 28.1. The van der Waals surface area contributed by atoms with Crippen LogP contribution in [0.3, 0.4) is 0 Å². The van der Waals surface area contributed by atoms with Crippen molar-refractivity contribution in [3.05, 3.63) is 97.3 Å². The third-order valence-electron chi connectivity index (χ3n) is 6.04. The van der Waals surface area contributed by atoms with Crippen LogP contribution >= 0.6 is 50.7 Å². The second kappa shape index (κ2) is 11.6. The normalized spacial score (nSPS) is 12.0. The molecule has 0 spiro atoms. The summed E-state index contributed by atoms with van der Waals surface area (Å²) >= 11 is 22.7. The Balaban J connectivity index is 1.64. The maximum Gasteiger partial charge on any atom is 0.141 e. The van der Waals surface area contributed by atoms with Gasteiger partial charge in [-0.3, -0.25) is 4.98 Å². The van der Waals surface area contributed by atoms with Crippen LogP contribution in [0.5, 0.6) is 0 Å². The number of anilines is 3. The molecule has 5 aromatic rings. The molecule has 0 fully saturated rings. The van der Waals surface area contributed by atoms with Gasteiger partial charge < -0.3 is 10.6 Å². The SMILES string of the molecule is CC(C)n1cc([C@@H](Nc2cc(Cl)c3ncc(C#N)c(Nc4ccc(F)c(Cl)c4)c3c2)c2cc(Br)cnc2Cl)nn1. The number of benzene rings is 2. The van der Waals surface area contributed by atoms with Gasteiger partial charge in [0, 0.05) is 45.2 Å². The molecule has 13 heteroatoms. The zero-order chi connectivity index (χ0) is 28.6. The van der Waals surface area contributed by atoms with Crippen LogP contribution in [0.2, 0.25) is 15.2 Å². The number of nitrogens with zero attached hydrogens (tertiary/aromatic N) is 6. The van der Waals surface area contributed by atoms with Crippen LogP contribution in [0.1, 0.15) is 42.8 Å². The lowest BCUT2D eigenvalue weighted by Gasteiger charge is -2.21. The number of nitrogens with one attached hydrogen (secondary N) is 2. The number of hydrogen-bond donors (Lipinski definition) is 2. The molecule has 0 aliphatic carbocycles. The molecule has 2 aromatic carbocycles. The van der Waals surface area contributed by atoms with E-state index in [-0.39, 0.29) is 21.8 Å². The first-order valence-corrected chi connectivity index (χ1v) is 13.8. The minimum Gasteiger partial charge on any atom is -0.373 e. The summed E-state index contributed by atoms with van der Waals surface area (Å²) in [6.07, 6.45) is 4.87. The van der Waals surface area contributed by atoms with Crippen LogP contribution in [0, 0.1) is 17.1 Å². The number of halogens is 5. The van der Waals surface area contributed by atoms with Crippen molar-refractivity contribution in [3.63, 3.8) is 0 Å². The molecular formula is C27H19BrCl3FN8. The lowest BCUT2D eigenvalue weighted by Crippen LogP contribution is -2.14. The van der Waals surface area contributed by atoms with Crippen LogP contribution in [-0.4, -0.2) is 25.0 Å². The van der Waals surface area contributed by atoms with E-state index in [0.717, 1.165) is 4.47 Å². The number of rotatable bonds is 7. The van der Waals surface area contributed by atoms with Crippen molar-refractivity contribution in [1.82, 2.24) is 25.0 Å². The summed E-state index contributed by atoms with van der Waals surface area (Å²) in [6, 6.07) is 11.3. The third-order valence-corrected chi connectivity index (χ3v) is 7.37. The van der Waals surface area contributed by atoms with Gasteiger partial charge in [0.15, 0.2) is 0 Å². The van der Waals surface area contributed by atoms with Crippen LogP contribution in [-0.2, 0) is 0 Å². The molecule has 3 aromatic heterocycles. The molecule has 3 heterocycles. The zero-order valence-electron chi connectivity index (χ0n) is 20.9. The molecule has 0 aliphatic rings. The van der Waals surface area contributed by atoms with E-state index in [1.54, 1.807) is 16.9 Å². The standard InChI is InChI=1S/C27H19BrCl3FN8/c1-13(2)40-12-23(38-39-40)26(19-5-15(28)11-35-27(19)31)37-17-6-18-24(36-16-3-4-22(32)20(29)7-16)14(9-33)10-34-25(18)21(30)8-17/h3-8,10-13,26,37H,1-2H3,(H,34,36)/t26-/m0/s1. The summed E-state index contributed by atoms with van der Waals surface area (Å²) in [6.45, 7) is 4.00. The predicted molar refractivity (Wildman–Crippen MR) is 159 cm³/mol. The molecule has 0 unspecified atom stereocenters. The van der Waals surface area contributed by atoms with Gasteiger partial charge in [0.1, 0.15) is 28.8 Å². The molecule has 0 radical (unpaired) electrons. The van der Waals surface area contributed by atoms with Gasteiger partial charge in [0.2, 0.25) is 0 Å². The van der Waals surface area contributed by atoms with E-state index < -0.39 is 11.9 Å². The Morgan fingerprint density at radius 2 is 1.80 bits per heavy atom.